The van der Waals surface area contributed by atoms with Crippen molar-refractivity contribution in [2.45, 2.75) is 32.6 Å². The topological polar surface area (TPSA) is 69.7 Å². The van der Waals surface area contributed by atoms with Gasteiger partial charge in [0.2, 0.25) is 0 Å². The van der Waals surface area contributed by atoms with E-state index in [1.807, 2.05) is 21.0 Å². The normalized spacial score (nSPS) is 15.0. The predicted octanol–water partition coefficient (Wildman–Crippen LogP) is -0.398. The van der Waals surface area contributed by atoms with Crippen molar-refractivity contribution in [2.24, 2.45) is 5.73 Å². The van der Waals surface area contributed by atoms with Gasteiger partial charge in [0.05, 0.1) is 6.10 Å². The fourth-order valence-electron chi connectivity index (χ4n) is 0.167. The summed E-state index contributed by atoms with van der Waals surface area (Å²) in [6.45, 7) is 4.01. The van der Waals surface area contributed by atoms with E-state index < -0.39 is 0 Å². The van der Waals surface area contributed by atoms with E-state index in [2.05, 4.69) is 0 Å². The Bertz CT molecular complexity index is 77.1. The second-order valence-corrected chi connectivity index (χ2v) is 2.89. The summed E-state index contributed by atoms with van der Waals surface area (Å²) < 4.78 is 0. The Hall–Kier alpha value is -0.160. The van der Waals surface area contributed by atoms with Gasteiger partial charge in [0.25, 0.3) is 0 Å². The summed E-state index contributed by atoms with van der Waals surface area (Å²) >= 11 is 0. The predicted molar refractivity (Wildman–Crippen MR) is 50.7 cm³/mol. The van der Waals surface area contributed by atoms with Crippen molar-refractivity contribution in [3.8, 4) is 0 Å². The van der Waals surface area contributed by atoms with Gasteiger partial charge in [-0.3, -0.25) is 4.90 Å². The van der Waals surface area contributed by atoms with E-state index in [4.69, 9.17) is 15.9 Å². The summed E-state index contributed by atoms with van der Waals surface area (Å²) in [7, 11) is 3.65. The molecule has 0 bridgehead atoms. The van der Waals surface area contributed by atoms with Gasteiger partial charge in [-0.05, 0) is 27.4 Å². The third-order valence-corrected chi connectivity index (χ3v) is 1.49. The van der Waals surface area contributed by atoms with Crippen LogP contribution in [0.3, 0.4) is 0 Å². The molecule has 4 nitrogen and oxygen atoms in total. The summed E-state index contributed by atoms with van der Waals surface area (Å²) in [6.07, 6.45) is 0.159. The molecule has 0 aliphatic heterocycles. The minimum atomic E-state index is -0.315. The lowest BCUT2D eigenvalue weighted by Crippen LogP contribution is -2.23. The number of aliphatic hydroxyl groups excluding tert-OH is 2. The minimum absolute atomic E-state index is 0.287. The molecule has 2 atom stereocenters. The molecule has 0 rings (SSSR count). The van der Waals surface area contributed by atoms with Gasteiger partial charge in [0.1, 0.15) is 6.23 Å². The second kappa shape index (κ2) is 8.93. The van der Waals surface area contributed by atoms with Crippen LogP contribution in [0.15, 0.2) is 0 Å². The van der Waals surface area contributed by atoms with Crippen molar-refractivity contribution in [1.82, 2.24) is 4.90 Å². The minimum Gasteiger partial charge on any atom is -0.392 e. The zero-order valence-corrected chi connectivity index (χ0v) is 8.49. The summed E-state index contributed by atoms with van der Waals surface area (Å²) in [5.74, 6) is 0. The van der Waals surface area contributed by atoms with Gasteiger partial charge < -0.3 is 15.9 Å². The fraction of sp³-hybridized carbons (Fsp3) is 1.00. The molecule has 4 heteroatoms. The summed E-state index contributed by atoms with van der Waals surface area (Å²) in [5, 5.41) is 17.1. The molecular weight excluding hydrogens is 156 g/mol. The smallest absolute Gasteiger partial charge is 0.104 e. The Balaban J connectivity index is 0. The van der Waals surface area contributed by atoms with Crippen LogP contribution in [-0.2, 0) is 0 Å². The van der Waals surface area contributed by atoms with E-state index in [0.717, 1.165) is 6.42 Å². The Labute approximate surface area is 75.0 Å². The number of rotatable bonds is 3. The van der Waals surface area contributed by atoms with E-state index in [-0.39, 0.29) is 12.3 Å². The first-order chi connectivity index (χ1) is 5.45. The van der Waals surface area contributed by atoms with E-state index >= 15 is 0 Å². The molecule has 12 heavy (non-hydrogen) atoms. The lowest BCUT2D eigenvalue weighted by atomic mass is 10.3. The number of nitrogens with two attached hydrogens (primary N) is 1. The lowest BCUT2D eigenvalue weighted by molar-refractivity contribution is 0.0578. The average molecular weight is 178 g/mol. The van der Waals surface area contributed by atoms with Crippen LogP contribution >= 0.6 is 0 Å². The van der Waals surface area contributed by atoms with Crippen molar-refractivity contribution in [3.05, 3.63) is 0 Å². The van der Waals surface area contributed by atoms with E-state index in [1.54, 1.807) is 11.8 Å². The van der Waals surface area contributed by atoms with Crippen LogP contribution in [0.2, 0.25) is 0 Å². The first-order valence-corrected chi connectivity index (χ1v) is 4.18. The quantitative estimate of drug-likeness (QED) is 0.514. The molecule has 0 saturated carbocycles. The maximum atomic E-state index is 8.56. The zero-order valence-electron chi connectivity index (χ0n) is 8.49. The molecule has 76 valence electrons. The highest BCUT2D eigenvalue weighted by Gasteiger charge is 1.92. The van der Waals surface area contributed by atoms with Crippen LogP contribution in [0.25, 0.3) is 0 Å². The molecule has 0 heterocycles. The molecule has 0 aromatic carbocycles. The molecule has 0 aliphatic rings. The molecule has 2 unspecified atom stereocenters. The third-order valence-electron chi connectivity index (χ3n) is 1.49. The van der Waals surface area contributed by atoms with Gasteiger partial charge in [-0.25, -0.2) is 0 Å². The maximum Gasteiger partial charge on any atom is 0.104 e. The Morgan fingerprint density at radius 1 is 1.33 bits per heavy atom. The standard InChI is InChI=1S/2C4H11NO/c1-4(6)5(2)3;1-2-4(6)3-5/h4,6H,1-3H3;4,6H,2-3,5H2,1H3. The molecule has 0 aromatic heterocycles. The molecule has 0 spiro atoms. The Morgan fingerprint density at radius 3 is 1.67 bits per heavy atom. The maximum absolute atomic E-state index is 8.56. The summed E-state index contributed by atoms with van der Waals surface area (Å²) in [5.41, 5.74) is 5.03. The van der Waals surface area contributed by atoms with E-state index in [1.165, 1.54) is 0 Å². The van der Waals surface area contributed by atoms with Crippen molar-refractivity contribution in [1.29, 1.82) is 0 Å². The van der Waals surface area contributed by atoms with Crippen LogP contribution in [0.5, 0.6) is 0 Å². The van der Waals surface area contributed by atoms with E-state index in [0.29, 0.717) is 6.54 Å². The average Bonchev–Trinajstić information content (AvgIpc) is 2.04. The van der Waals surface area contributed by atoms with Crippen LogP contribution in [0.1, 0.15) is 20.3 Å². The van der Waals surface area contributed by atoms with Gasteiger partial charge in [-0.1, -0.05) is 6.92 Å². The largest absolute Gasteiger partial charge is 0.392 e. The van der Waals surface area contributed by atoms with Gasteiger partial charge in [0.15, 0.2) is 0 Å². The first kappa shape index (κ1) is 14.4. The monoisotopic (exact) mass is 178 g/mol. The highest BCUT2D eigenvalue weighted by molar-refractivity contribution is 4.48. The number of hydrogen-bond donors (Lipinski definition) is 3. The van der Waals surface area contributed by atoms with Crippen LogP contribution in [-0.4, -0.2) is 48.1 Å². The van der Waals surface area contributed by atoms with Crippen molar-refractivity contribution in [3.63, 3.8) is 0 Å². The lowest BCUT2D eigenvalue weighted by Gasteiger charge is -2.11. The number of aliphatic hydroxyl groups is 2. The summed E-state index contributed by atoms with van der Waals surface area (Å²) in [4.78, 5) is 1.72. The van der Waals surface area contributed by atoms with Crippen molar-refractivity contribution in [2.75, 3.05) is 20.6 Å². The van der Waals surface area contributed by atoms with Crippen molar-refractivity contribution < 1.29 is 10.2 Å². The van der Waals surface area contributed by atoms with Crippen molar-refractivity contribution >= 4 is 0 Å². The number of hydrogen-bond acceptors (Lipinski definition) is 4. The Morgan fingerprint density at radius 2 is 1.67 bits per heavy atom. The highest BCUT2D eigenvalue weighted by Crippen LogP contribution is 1.81. The molecule has 0 fully saturated rings. The highest BCUT2D eigenvalue weighted by atomic mass is 16.3. The van der Waals surface area contributed by atoms with Gasteiger partial charge in [0, 0.05) is 6.54 Å². The van der Waals surface area contributed by atoms with Gasteiger partial charge >= 0.3 is 0 Å². The molecular formula is C8H22N2O2. The first-order valence-electron chi connectivity index (χ1n) is 4.18. The zero-order chi connectivity index (χ0) is 10.1. The number of nitrogens with zero attached hydrogens (tertiary/aromatic N) is 1. The SMILES string of the molecule is CC(O)N(C)C.CCC(O)CN. The van der Waals surface area contributed by atoms with Crippen LogP contribution in [0, 0.1) is 0 Å². The summed E-state index contributed by atoms with van der Waals surface area (Å²) in [6, 6.07) is 0. The second-order valence-electron chi connectivity index (χ2n) is 2.89. The van der Waals surface area contributed by atoms with Gasteiger partial charge in [-0.15, -0.1) is 0 Å². The Kier molecular flexibility index (Phi) is 10.7. The van der Waals surface area contributed by atoms with Gasteiger partial charge in [-0.2, -0.15) is 0 Å². The molecule has 4 N–H and O–H groups in total. The molecule has 0 saturated heterocycles. The molecule has 0 aromatic rings. The fourth-order valence-corrected chi connectivity index (χ4v) is 0.167. The molecule has 0 amide bonds. The molecule has 0 aliphatic carbocycles. The van der Waals surface area contributed by atoms with Crippen LogP contribution in [0.4, 0.5) is 0 Å². The third kappa shape index (κ3) is 12.5. The molecule has 0 radical (unpaired) electrons. The van der Waals surface area contributed by atoms with E-state index in [9.17, 15) is 0 Å². The van der Waals surface area contributed by atoms with Crippen LogP contribution < -0.4 is 5.73 Å².